The average molecular weight is 403 g/mol. The molecule has 2 saturated carbocycles. The molecule has 27 heavy (non-hydrogen) atoms. The number of ether oxygens (including phenoxy) is 2. The molecule has 2 unspecified atom stereocenters. The van der Waals surface area contributed by atoms with Crippen LogP contribution in [0.2, 0.25) is 0 Å². The molecule has 0 aliphatic heterocycles. The maximum absolute atomic E-state index is 12.2. The molecular formula is C17H30N4O5S. The molecule has 0 heterocycles. The number of nitrogens with one attached hydrogen (secondary N) is 3. The second-order valence-electron chi connectivity index (χ2n) is 7.17. The molecule has 2 aliphatic rings. The van der Waals surface area contributed by atoms with Gasteiger partial charge in [-0.1, -0.05) is 12.8 Å². The Hall–Kier alpha value is -1.52. The molecule has 0 radical (unpaired) electrons. The van der Waals surface area contributed by atoms with Gasteiger partial charge < -0.3 is 14.8 Å². The van der Waals surface area contributed by atoms with E-state index in [9.17, 15) is 14.9 Å². The van der Waals surface area contributed by atoms with Crippen molar-refractivity contribution in [3.63, 3.8) is 0 Å². The van der Waals surface area contributed by atoms with E-state index in [1.165, 1.54) is 0 Å². The standard InChI is InChI=1S/C17H30N4O5S/c1-25-10-11-26-15-5-3-2-4-14(15)18-17(27)20-19-16(22)12-6-8-13(9-7-12)21(23)24/h12-15H,2-11H2,1H3,(H,19,22)(H2,18,20,27). The van der Waals surface area contributed by atoms with Crippen molar-refractivity contribution in [3.8, 4) is 0 Å². The van der Waals surface area contributed by atoms with Crippen molar-refractivity contribution < 1.29 is 19.2 Å². The van der Waals surface area contributed by atoms with Crippen molar-refractivity contribution in [2.45, 2.75) is 69.6 Å². The van der Waals surface area contributed by atoms with E-state index in [4.69, 9.17) is 21.7 Å². The number of hydrogen-bond acceptors (Lipinski definition) is 6. The average Bonchev–Trinajstić information content (AvgIpc) is 2.67. The molecule has 10 heteroatoms. The maximum Gasteiger partial charge on any atom is 0.241 e. The monoisotopic (exact) mass is 402 g/mol. The number of hydrazine groups is 1. The number of carbonyl (C=O) groups excluding carboxylic acids is 1. The van der Waals surface area contributed by atoms with Gasteiger partial charge in [-0.2, -0.15) is 0 Å². The van der Waals surface area contributed by atoms with Crippen molar-refractivity contribution >= 4 is 23.2 Å². The summed E-state index contributed by atoms with van der Waals surface area (Å²) in [5.74, 6) is -0.381. The summed E-state index contributed by atoms with van der Waals surface area (Å²) in [4.78, 5) is 22.8. The Morgan fingerprint density at radius 1 is 1.11 bits per heavy atom. The first-order chi connectivity index (χ1) is 13.0. The van der Waals surface area contributed by atoms with Crippen molar-refractivity contribution in [1.82, 2.24) is 16.2 Å². The lowest BCUT2D eigenvalue weighted by Crippen LogP contribution is -2.54. The molecule has 154 valence electrons. The lowest BCUT2D eigenvalue weighted by Gasteiger charge is -2.33. The van der Waals surface area contributed by atoms with Crippen LogP contribution in [0.1, 0.15) is 51.4 Å². The van der Waals surface area contributed by atoms with E-state index in [-0.39, 0.29) is 28.9 Å². The summed E-state index contributed by atoms with van der Waals surface area (Å²) in [6, 6.07) is -0.422. The smallest absolute Gasteiger partial charge is 0.241 e. The van der Waals surface area contributed by atoms with Crippen LogP contribution in [0.25, 0.3) is 0 Å². The maximum atomic E-state index is 12.2. The molecule has 9 nitrogen and oxygen atoms in total. The van der Waals surface area contributed by atoms with Gasteiger partial charge in [0.2, 0.25) is 11.9 Å². The Bertz CT molecular complexity index is 514. The highest BCUT2D eigenvalue weighted by molar-refractivity contribution is 7.80. The molecule has 3 N–H and O–H groups in total. The molecule has 2 rings (SSSR count). The van der Waals surface area contributed by atoms with Crippen LogP contribution < -0.4 is 16.2 Å². The van der Waals surface area contributed by atoms with Crippen LogP contribution in [0, 0.1) is 16.0 Å². The van der Waals surface area contributed by atoms with Crippen LogP contribution in [-0.2, 0) is 14.3 Å². The van der Waals surface area contributed by atoms with E-state index in [1.807, 2.05) is 0 Å². The largest absolute Gasteiger partial charge is 0.382 e. The molecule has 0 aromatic heterocycles. The zero-order chi connectivity index (χ0) is 19.6. The van der Waals surface area contributed by atoms with Gasteiger partial charge in [0.15, 0.2) is 5.11 Å². The highest BCUT2D eigenvalue weighted by atomic mass is 32.1. The van der Waals surface area contributed by atoms with Gasteiger partial charge >= 0.3 is 0 Å². The fourth-order valence-corrected chi connectivity index (χ4v) is 3.92. The summed E-state index contributed by atoms with van der Waals surface area (Å²) in [6.45, 7) is 1.10. The third-order valence-corrected chi connectivity index (χ3v) is 5.52. The Labute approximate surface area is 165 Å². The predicted molar refractivity (Wildman–Crippen MR) is 104 cm³/mol. The van der Waals surface area contributed by atoms with E-state index in [2.05, 4.69) is 16.2 Å². The number of amides is 1. The predicted octanol–water partition coefficient (Wildman–Crippen LogP) is 1.29. The minimum absolute atomic E-state index is 0.0711. The lowest BCUT2D eigenvalue weighted by molar-refractivity contribution is -0.526. The van der Waals surface area contributed by atoms with Gasteiger partial charge in [0.05, 0.1) is 25.4 Å². The van der Waals surface area contributed by atoms with Gasteiger partial charge in [0.25, 0.3) is 0 Å². The van der Waals surface area contributed by atoms with Crippen molar-refractivity contribution in [3.05, 3.63) is 10.1 Å². The first-order valence-electron chi connectivity index (χ1n) is 9.61. The van der Waals surface area contributed by atoms with Gasteiger partial charge in [0, 0.05) is 30.8 Å². The molecule has 0 aromatic carbocycles. The number of rotatable bonds is 7. The van der Waals surface area contributed by atoms with E-state index in [0.29, 0.717) is 44.0 Å². The highest BCUT2D eigenvalue weighted by Crippen LogP contribution is 2.25. The third kappa shape index (κ3) is 7.19. The molecule has 0 saturated heterocycles. The Balaban J connectivity index is 1.70. The summed E-state index contributed by atoms with van der Waals surface area (Å²) in [5.41, 5.74) is 5.39. The fourth-order valence-electron chi connectivity index (χ4n) is 3.72. The van der Waals surface area contributed by atoms with Gasteiger partial charge in [-0.25, -0.2) is 0 Å². The Kier molecular flexibility index (Phi) is 9.16. The van der Waals surface area contributed by atoms with E-state index in [1.54, 1.807) is 7.11 Å². The molecule has 2 aliphatic carbocycles. The van der Waals surface area contributed by atoms with E-state index < -0.39 is 6.04 Å². The lowest BCUT2D eigenvalue weighted by atomic mass is 9.86. The molecule has 2 fully saturated rings. The number of methoxy groups -OCH3 is 1. The van der Waals surface area contributed by atoms with E-state index >= 15 is 0 Å². The van der Waals surface area contributed by atoms with E-state index in [0.717, 1.165) is 25.7 Å². The molecule has 0 aromatic rings. The van der Waals surface area contributed by atoms with Crippen LogP contribution in [0.5, 0.6) is 0 Å². The second kappa shape index (κ2) is 11.4. The van der Waals surface area contributed by atoms with Crippen LogP contribution in [-0.4, -0.2) is 54.5 Å². The van der Waals surface area contributed by atoms with Gasteiger partial charge in [-0.05, 0) is 37.9 Å². The molecular weight excluding hydrogens is 372 g/mol. The normalized spacial score (nSPS) is 28.2. The SMILES string of the molecule is COCCOC1CCCCC1NC(=S)NNC(=O)C1CCC([N+](=O)[O-])CC1. The van der Waals surface area contributed by atoms with Crippen molar-refractivity contribution in [2.75, 3.05) is 20.3 Å². The Morgan fingerprint density at radius 3 is 2.48 bits per heavy atom. The molecule has 2 atom stereocenters. The summed E-state index contributed by atoms with van der Waals surface area (Å²) >= 11 is 5.29. The zero-order valence-corrected chi connectivity index (χ0v) is 16.6. The van der Waals surface area contributed by atoms with Gasteiger partial charge in [0.1, 0.15) is 0 Å². The summed E-state index contributed by atoms with van der Waals surface area (Å²) in [5, 5.41) is 14.4. The number of hydrogen-bond donors (Lipinski definition) is 3. The zero-order valence-electron chi connectivity index (χ0n) is 15.8. The summed E-state index contributed by atoms with van der Waals surface area (Å²) in [7, 11) is 1.64. The minimum atomic E-state index is -0.522. The number of nitrogens with zero attached hydrogens (tertiary/aromatic N) is 1. The molecule has 0 spiro atoms. The first-order valence-corrected chi connectivity index (χ1v) is 10.0. The van der Waals surface area contributed by atoms with Crippen LogP contribution in [0.15, 0.2) is 0 Å². The van der Waals surface area contributed by atoms with Crippen LogP contribution in [0.4, 0.5) is 0 Å². The third-order valence-electron chi connectivity index (χ3n) is 5.30. The summed E-state index contributed by atoms with van der Waals surface area (Å²) < 4.78 is 10.9. The van der Waals surface area contributed by atoms with Gasteiger partial charge in [-0.3, -0.25) is 25.8 Å². The molecule has 1 amide bonds. The first kappa shape index (κ1) is 21.8. The fraction of sp³-hybridized carbons (Fsp3) is 0.882. The highest BCUT2D eigenvalue weighted by Gasteiger charge is 2.32. The number of thiocarbonyl (C=S) groups is 1. The van der Waals surface area contributed by atoms with Gasteiger partial charge in [-0.15, -0.1) is 0 Å². The van der Waals surface area contributed by atoms with Crippen molar-refractivity contribution in [1.29, 1.82) is 0 Å². The number of nitro groups is 1. The summed E-state index contributed by atoms with van der Waals surface area (Å²) in [6.07, 6.45) is 6.16. The Morgan fingerprint density at radius 2 is 1.81 bits per heavy atom. The van der Waals surface area contributed by atoms with Crippen LogP contribution in [0.3, 0.4) is 0 Å². The minimum Gasteiger partial charge on any atom is -0.382 e. The van der Waals surface area contributed by atoms with Crippen LogP contribution >= 0.6 is 12.2 Å². The van der Waals surface area contributed by atoms with Crippen molar-refractivity contribution in [2.24, 2.45) is 5.92 Å². The number of carbonyl (C=O) groups is 1. The quantitative estimate of drug-likeness (QED) is 0.253. The topological polar surface area (TPSA) is 115 Å². The molecule has 0 bridgehead atoms. The second-order valence-corrected chi connectivity index (χ2v) is 7.58.